The second-order valence-corrected chi connectivity index (χ2v) is 6.18. The summed E-state index contributed by atoms with van der Waals surface area (Å²) in [6.45, 7) is 7.53. The molecular weight excluding hydrogens is 268 g/mol. The van der Waals surface area contributed by atoms with Crippen molar-refractivity contribution in [2.75, 3.05) is 26.0 Å². The lowest BCUT2D eigenvalue weighted by Crippen LogP contribution is -2.27. The maximum absolute atomic E-state index is 11.9. The molecule has 1 aromatic carbocycles. The summed E-state index contributed by atoms with van der Waals surface area (Å²) < 4.78 is 5.43. The number of benzene rings is 1. The fourth-order valence-corrected chi connectivity index (χ4v) is 1.62. The van der Waals surface area contributed by atoms with Gasteiger partial charge in [-0.25, -0.2) is 0 Å². The van der Waals surface area contributed by atoms with Crippen LogP contribution in [0.25, 0.3) is 0 Å². The molecule has 0 heterocycles. The average Bonchev–Trinajstić information content (AvgIpc) is 2.37. The molecule has 0 bridgehead atoms. The van der Waals surface area contributed by atoms with Crippen molar-refractivity contribution in [2.45, 2.75) is 33.3 Å². The van der Waals surface area contributed by atoms with Gasteiger partial charge in [0.15, 0.2) is 0 Å². The number of carbonyl (C=O) groups excluding carboxylic acids is 2. The summed E-state index contributed by atoms with van der Waals surface area (Å²) in [4.78, 5) is 25.3. The van der Waals surface area contributed by atoms with Gasteiger partial charge in [-0.3, -0.25) is 9.59 Å². The van der Waals surface area contributed by atoms with Crippen LogP contribution in [-0.2, 0) is 9.53 Å². The number of nitrogens with one attached hydrogen (secondary N) is 1. The molecule has 1 aromatic rings. The molecule has 0 saturated heterocycles. The molecule has 0 saturated carbocycles. The monoisotopic (exact) mass is 292 g/mol. The Kier molecular flexibility index (Phi) is 5.49. The van der Waals surface area contributed by atoms with E-state index in [4.69, 9.17) is 4.74 Å². The molecule has 21 heavy (non-hydrogen) atoms. The lowest BCUT2D eigenvalue weighted by atomic mass is 10.1. The number of nitrogens with zero attached hydrogens (tertiary/aromatic N) is 1. The maximum Gasteiger partial charge on any atom is 0.253 e. The SMILES string of the molecule is Cc1ccc(C(=O)N(C)C)cc1NC(=O)COC(C)(C)C. The first-order valence-corrected chi connectivity index (χ1v) is 6.86. The zero-order chi connectivity index (χ0) is 16.2. The second-order valence-electron chi connectivity index (χ2n) is 6.18. The van der Waals surface area contributed by atoms with Crippen LogP contribution >= 0.6 is 0 Å². The van der Waals surface area contributed by atoms with Crippen molar-refractivity contribution < 1.29 is 14.3 Å². The third kappa shape index (κ3) is 5.55. The smallest absolute Gasteiger partial charge is 0.253 e. The highest BCUT2D eigenvalue weighted by Gasteiger charge is 2.15. The second kappa shape index (κ2) is 6.72. The highest BCUT2D eigenvalue weighted by Crippen LogP contribution is 2.18. The Balaban J connectivity index is 2.81. The van der Waals surface area contributed by atoms with Gasteiger partial charge in [0.2, 0.25) is 5.91 Å². The van der Waals surface area contributed by atoms with E-state index in [1.807, 2.05) is 33.8 Å². The molecule has 2 amide bonds. The molecule has 1 N–H and O–H groups in total. The van der Waals surface area contributed by atoms with Crippen LogP contribution in [0.5, 0.6) is 0 Å². The molecule has 5 nitrogen and oxygen atoms in total. The Morgan fingerprint density at radius 3 is 2.38 bits per heavy atom. The lowest BCUT2D eigenvalue weighted by molar-refractivity contribution is -0.125. The molecule has 0 radical (unpaired) electrons. The number of anilines is 1. The quantitative estimate of drug-likeness (QED) is 0.927. The average molecular weight is 292 g/mol. The van der Waals surface area contributed by atoms with Crippen LogP contribution in [-0.4, -0.2) is 43.0 Å². The Bertz CT molecular complexity index is 531. The first kappa shape index (κ1) is 17.2. The number of carbonyl (C=O) groups is 2. The van der Waals surface area contributed by atoms with Gasteiger partial charge in [-0.2, -0.15) is 0 Å². The zero-order valence-corrected chi connectivity index (χ0v) is 13.6. The van der Waals surface area contributed by atoms with Crippen molar-refractivity contribution in [3.63, 3.8) is 0 Å². The van der Waals surface area contributed by atoms with E-state index < -0.39 is 0 Å². The molecule has 0 aliphatic rings. The summed E-state index contributed by atoms with van der Waals surface area (Å²) in [7, 11) is 3.38. The Labute approximate surface area is 126 Å². The molecule has 116 valence electrons. The van der Waals surface area contributed by atoms with Crippen LogP contribution in [0.3, 0.4) is 0 Å². The van der Waals surface area contributed by atoms with Crippen molar-refractivity contribution in [1.29, 1.82) is 0 Å². The molecule has 0 aromatic heterocycles. The van der Waals surface area contributed by atoms with Crippen LogP contribution in [0.4, 0.5) is 5.69 Å². The summed E-state index contributed by atoms with van der Waals surface area (Å²) in [5, 5.41) is 2.78. The molecular formula is C16H24N2O3. The summed E-state index contributed by atoms with van der Waals surface area (Å²) in [5.74, 6) is -0.334. The predicted molar refractivity (Wildman–Crippen MR) is 83.5 cm³/mol. The number of hydrogen-bond acceptors (Lipinski definition) is 3. The summed E-state index contributed by atoms with van der Waals surface area (Å²) in [6.07, 6.45) is 0. The minimum atomic E-state index is -0.366. The van der Waals surface area contributed by atoms with E-state index in [0.29, 0.717) is 11.3 Å². The fourth-order valence-electron chi connectivity index (χ4n) is 1.62. The summed E-state index contributed by atoms with van der Waals surface area (Å²) in [6, 6.07) is 5.25. The summed E-state index contributed by atoms with van der Waals surface area (Å²) in [5.41, 5.74) is 1.70. The number of amides is 2. The number of ether oxygens (including phenoxy) is 1. The van der Waals surface area contributed by atoms with Crippen molar-refractivity contribution in [3.05, 3.63) is 29.3 Å². The van der Waals surface area contributed by atoms with E-state index in [1.54, 1.807) is 26.2 Å². The molecule has 0 unspecified atom stereocenters. The molecule has 1 rings (SSSR count). The van der Waals surface area contributed by atoms with Gasteiger partial charge in [0.25, 0.3) is 5.91 Å². The van der Waals surface area contributed by atoms with Gasteiger partial charge >= 0.3 is 0 Å². The first-order valence-electron chi connectivity index (χ1n) is 6.86. The van der Waals surface area contributed by atoms with Gasteiger partial charge in [0.1, 0.15) is 6.61 Å². The van der Waals surface area contributed by atoms with E-state index in [9.17, 15) is 9.59 Å². The Morgan fingerprint density at radius 1 is 1.24 bits per heavy atom. The number of hydrogen-bond donors (Lipinski definition) is 1. The van der Waals surface area contributed by atoms with Gasteiger partial charge in [0, 0.05) is 25.3 Å². The highest BCUT2D eigenvalue weighted by atomic mass is 16.5. The van der Waals surface area contributed by atoms with Crippen LogP contribution in [0, 0.1) is 6.92 Å². The van der Waals surface area contributed by atoms with Crippen molar-refractivity contribution >= 4 is 17.5 Å². The van der Waals surface area contributed by atoms with E-state index >= 15 is 0 Å². The predicted octanol–water partition coefficient (Wildman–Crippen LogP) is 2.45. The van der Waals surface area contributed by atoms with Crippen molar-refractivity contribution in [2.24, 2.45) is 0 Å². The maximum atomic E-state index is 11.9. The Morgan fingerprint density at radius 2 is 1.86 bits per heavy atom. The van der Waals surface area contributed by atoms with Crippen LogP contribution < -0.4 is 5.32 Å². The minimum Gasteiger partial charge on any atom is -0.366 e. The van der Waals surface area contributed by atoms with Gasteiger partial charge in [0.05, 0.1) is 5.60 Å². The van der Waals surface area contributed by atoms with Crippen LogP contribution in [0.1, 0.15) is 36.7 Å². The first-order chi connectivity index (χ1) is 9.60. The topological polar surface area (TPSA) is 58.6 Å². The summed E-state index contributed by atoms with van der Waals surface area (Å²) >= 11 is 0. The zero-order valence-electron chi connectivity index (χ0n) is 13.6. The fraction of sp³-hybridized carbons (Fsp3) is 0.500. The molecule has 5 heteroatoms. The van der Waals surface area contributed by atoms with Gasteiger partial charge in [-0.05, 0) is 45.4 Å². The van der Waals surface area contributed by atoms with E-state index in [1.165, 1.54) is 4.90 Å². The highest BCUT2D eigenvalue weighted by molar-refractivity contribution is 5.97. The van der Waals surface area contributed by atoms with Gasteiger partial charge in [-0.1, -0.05) is 6.07 Å². The van der Waals surface area contributed by atoms with E-state index in [2.05, 4.69) is 5.32 Å². The van der Waals surface area contributed by atoms with E-state index in [0.717, 1.165) is 5.56 Å². The molecule has 0 aliphatic carbocycles. The third-order valence-corrected chi connectivity index (χ3v) is 2.80. The normalized spacial score (nSPS) is 11.1. The molecule has 0 aliphatic heterocycles. The Hall–Kier alpha value is -1.88. The van der Waals surface area contributed by atoms with Gasteiger partial charge in [-0.15, -0.1) is 0 Å². The third-order valence-electron chi connectivity index (χ3n) is 2.80. The largest absolute Gasteiger partial charge is 0.366 e. The molecule has 0 fully saturated rings. The number of rotatable bonds is 4. The van der Waals surface area contributed by atoms with Crippen molar-refractivity contribution in [1.82, 2.24) is 4.90 Å². The molecule has 0 spiro atoms. The van der Waals surface area contributed by atoms with Crippen LogP contribution in [0.2, 0.25) is 0 Å². The van der Waals surface area contributed by atoms with E-state index in [-0.39, 0.29) is 24.0 Å². The van der Waals surface area contributed by atoms with Crippen molar-refractivity contribution in [3.8, 4) is 0 Å². The van der Waals surface area contributed by atoms with Gasteiger partial charge < -0.3 is 15.0 Å². The molecule has 0 atom stereocenters. The van der Waals surface area contributed by atoms with Crippen LogP contribution in [0.15, 0.2) is 18.2 Å². The number of aryl methyl sites for hydroxylation is 1. The standard InChI is InChI=1S/C16H24N2O3/c1-11-7-8-12(15(20)18(5)6)9-13(11)17-14(19)10-21-16(2,3)4/h7-9H,10H2,1-6H3,(H,17,19). The lowest BCUT2D eigenvalue weighted by Gasteiger charge is -2.19. The minimum absolute atomic E-state index is 0.0191.